The Morgan fingerprint density at radius 3 is 2.82 bits per heavy atom. The van der Waals surface area contributed by atoms with Gasteiger partial charge in [-0.3, -0.25) is 4.98 Å². The molecule has 2 nitrogen and oxygen atoms in total. The number of benzene rings is 1. The fourth-order valence-electron chi connectivity index (χ4n) is 2.58. The van der Waals surface area contributed by atoms with Crippen molar-refractivity contribution >= 4 is 10.9 Å². The van der Waals surface area contributed by atoms with Crippen LogP contribution in [0.5, 0.6) is 0 Å². The topological polar surface area (TPSA) is 33.1 Å². The summed E-state index contributed by atoms with van der Waals surface area (Å²) in [6.45, 7) is 0. The van der Waals surface area contributed by atoms with Crippen molar-refractivity contribution in [3.05, 3.63) is 42.1 Å². The number of hydrogen-bond acceptors (Lipinski definition) is 2. The normalized spacial score (nSPS) is 17.9. The van der Waals surface area contributed by atoms with Crippen LogP contribution in [0.3, 0.4) is 0 Å². The van der Waals surface area contributed by atoms with Gasteiger partial charge in [0, 0.05) is 11.6 Å². The van der Waals surface area contributed by atoms with Crippen LogP contribution in [0, 0.1) is 5.92 Å². The monoisotopic (exact) mass is 227 g/mol. The van der Waals surface area contributed by atoms with Gasteiger partial charge in [-0.15, -0.1) is 0 Å². The van der Waals surface area contributed by atoms with Gasteiger partial charge in [0.25, 0.3) is 0 Å². The maximum Gasteiger partial charge on any atom is 0.0799 e. The Balaban J connectivity index is 1.92. The zero-order chi connectivity index (χ0) is 11.7. The molecule has 1 fully saturated rings. The van der Waals surface area contributed by atoms with Gasteiger partial charge in [-0.2, -0.15) is 0 Å². The van der Waals surface area contributed by atoms with Crippen molar-refractivity contribution in [2.75, 3.05) is 0 Å². The van der Waals surface area contributed by atoms with Crippen LogP contribution in [0.4, 0.5) is 0 Å². The first kappa shape index (κ1) is 10.7. The van der Waals surface area contributed by atoms with Gasteiger partial charge in [0.1, 0.15) is 0 Å². The molecular weight excluding hydrogens is 210 g/mol. The average Bonchev–Trinajstić information content (AvgIpc) is 2.33. The van der Waals surface area contributed by atoms with E-state index in [0.29, 0.717) is 0 Å². The molecule has 0 amide bonds. The summed E-state index contributed by atoms with van der Waals surface area (Å²) in [4.78, 5) is 4.33. The molecule has 1 atom stereocenters. The molecule has 2 aromatic rings. The van der Waals surface area contributed by atoms with E-state index in [1.54, 1.807) is 6.20 Å². The molecule has 1 aromatic carbocycles. The number of rotatable bonds is 3. The first-order valence-corrected chi connectivity index (χ1v) is 6.36. The number of hydrogen-bond donors (Lipinski definition) is 1. The lowest BCUT2D eigenvalue weighted by atomic mass is 9.80. The first-order chi connectivity index (χ1) is 8.34. The molecule has 1 N–H and O–H groups in total. The van der Waals surface area contributed by atoms with E-state index in [0.717, 1.165) is 28.8 Å². The number of aliphatic hydroxyl groups is 1. The third-order valence-corrected chi connectivity index (χ3v) is 3.82. The molecular formula is C15H17NO. The summed E-state index contributed by atoms with van der Waals surface area (Å²) in [6, 6.07) is 9.98. The molecule has 0 aliphatic heterocycles. The second-order valence-electron chi connectivity index (χ2n) is 4.97. The number of fused-ring (bicyclic) bond motifs is 1. The smallest absolute Gasteiger partial charge is 0.0799 e. The Morgan fingerprint density at radius 1 is 1.24 bits per heavy atom. The highest BCUT2D eigenvalue weighted by atomic mass is 16.3. The van der Waals surface area contributed by atoms with E-state index in [-0.39, 0.29) is 6.10 Å². The Hall–Kier alpha value is -1.41. The summed E-state index contributed by atoms with van der Waals surface area (Å²) in [5.41, 5.74) is 2.00. The minimum atomic E-state index is -0.340. The van der Waals surface area contributed by atoms with Gasteiger partial charge in [-0.05, 0) is 30.0 Å². The summed E-state index contributed by atoms with van der Waals surface area (Å²) in [6.07, 6.45) is 6.23. The predicted molar refractivity (Wildman–Crippen MR) is 68.7 cm³/mol. The van der Waals surface area contributed by atoms with Crippen LogP contribution in [0.15, 0.2) is 36.5 Å². The van der Waals surface area contributed by atoms with Crippen molar-refractivity contribution in [2.45, 2.75) is 31.8 Å². The summed E-state index contributed by atoms with van der Waals surface area (Å²) in [5.74, 6) is 0.719. The molecule has 1 aromatic heterocycles. The SMILES string of the molecule is OC(CC1CCC1)c1ccnc2ccccc12. The van der Waals surface area contributed by atoms with Gasteiger partial charge in [-0.1, -0.05) is 37.5 Å². The van der Waals surface area contributed by atoms with Crippen molar-refractivity contribution in [3.63, 3.8) is 0 Å². The van der Waals surface area contributed by atoms with Crippen LogP contribution in [0.2, 0.25) is 0 Å². The maximum atomic E-state index is 10.3. The summed E-state index contributed by atoms with van der Waals surface area (Å²) >= 11 is 0. The van der Waals surface area contributed by atoms with Crippen molar-refractivity contribution < 1.29 is 5.11 Å². The molecule has 2 heteroatoms. The highest BCUT2D eigenvalue weighted by Crippen LogP contribution is 2.36. The molecule has 1 unspecified atom stereocenters. The molecule has 88 valence electrons. The molecule has 0 bridgehead atoms. The van der Waals surface area contributed by atoms with Crippen molar-refractivity contribution in [2.24, 2.45) is 5.92 Å². The lowest BCUT2D eigenvalue weighted by Gasteiger charge is -2.28. The predicted octanol–water partition coefficient (Wildman–Crippen LogP) is 3.46. The van der Waals surface area contributed by atoms with Crippen LogP contribution in [0.1, 0.15) is 37.4 Å². The van der Waals surface area contributed by atoms with E-state index in [9.17, 15) is 5.11 Å². The number of para-hydroxylation sites is 1. The largest absolute Gasteiger partial charge is 0.388 e. The molecule has 3 rings (SSSR count). The van der Waals surface area contributed by atoms with Gasteiger partial charge < -0.3 is 5.11 Å². The zero-order valence-corrected chi connectivity index (χ0v) is 9.84. The first-order valence-electron chi connectivity index (χ1n) is 6.36. The number of nitrogens with zero attached hydrogens (tertiary/aromatic N) is 1. The van der Waals surface area contributed by atoms with Gasteiger partial charge in [0.15, 0.2) is 0 Å². The van der Waals surface area contributed by atoms with Gasteiger partial charge in [-0.25, -0.2) is 0 Å². The number of aromatic nitrogens is 1. The van der Waals surface area contributed by atoms with Gasteiger partial charge in [0.05, 0.1) is 11.6 Å². The molecule has 1 heterocycles. The second-order valence-corrected chi connectivity index (χ2v) is 4.97. The minimum Gasteiger partial charge on any atom is -0.388 e. The summed E-state index contributed by atoms with van der Waals surface area (Å²) in [5, 5.41) is 11.4. The van der Waals surface area contributed by atoms with Gasteiger partial charge in [0.2, 0.25) is 0 Å². The highest BCUT2D eigenvalue weighted by Gasteiger charge is 2.22. The van der Waals surface area contributed by atoms with Crippen molar-refractivity contribution in [3.8, 4) is 0 Å². The average molecular weight is 227 g/mol. The van der Waals surface area contributed by atoms with Crippen LogP contribution in [0.25, 0.3) is 10.9 Å². The van der Waals surface area contributed by atoms with E-state index < -0.39 is 0 Å². The third-order valence-electron chi connectivity index (χ3n) is 3.82. The summed E-state index contributed by atoms with van der Waals surface area (Å²) < 4.78 is 0. The Kier molecular flexibility index (Phi) is 2.81. The maximum absolute atomic E-state index is 10.3. The van der Waals surface area contributed by atoms with Gasteiger partial charge >= 0.3 is 0 Å². The van der Waals surface area contributed by atoms with Crippen LogP contribution in [-0.4, -0.2) is 10.1 Å². The Bertz CT molecular complexity index is 514. The van der Waals surface area contributed by atoms with Crippen LogP contribution >= 0.6 is 0 Å². The lowest BCUT2D eigenvalue weighted by Crippen LogP contribution is -2.15. The Labute approximate surface area is 101 Å². The van der Waals surface area contributed by atoms with E-state index in [4.69, 9.17) is 0 Å². The number of aliphatic hydroxyl groups excluding tert-OH is 1. The fourth-order valence-corrected chi connectivity index (χ4v) is 2.58. The Morgan fingerprint density at radius 2 is 2.06 bits per heavy atom. The highest BCUT2D eigenvalue weighted by molar-refractivity contribution is 5.82. The summed E-state index contributed by atoms with van der Waals surface area (Å²) in [7, 11) is 0. The van der Waals surface area contributed by atoms with E-state index in [1.165, 1.54) is 19.3 Å². The molecule has 1 aliphatic rings. The molecule has 0 saturated heterocycles. The fraction of sp³-hybridized carbons (Fsp3) is 0.400. The molecule has 1 saturated carbocycles. The number of pyridine rings is 1. The van der Waals surface area contributed by atoms with E-state index >= 15 is 0 Å². The standard InChI is InChI=1S/C15H17NO/c17-15(10-11-4-3-5-11)13-8-9-16-14-7-2-1-6-12(13)14/h1-2,6-9,11,15,17H,3-5,10H2. The van der Waals surface area contributed by atoms with Crippen molar-refractivity contribution in [1.29, 1.82) is 0 Å². The zero-order valence-electron chi connectivity index (χ0n) is 9.84. The third kappa shape index (κ3) is 2.05. The molecule has 0 radical (unpaired) electrons. The molecule has 17 heavy (non-hydrogen) atoms. The van der Waals surface area contributed by atoms with E-state index in [1.807, 2.05) is 30.3 Å². The molecule has 0 spiro atoms. The van der Waals surface area contributed by atoms with E-state index in [2.05, 4.69) is 4.98 Å². The second kappa shape index (κ2) is 4.46. The molecule has 1 aliphatic carbocycles. The quantitative estimate of drug-likeness (QED) is 0.871. The van der Waals surface area contributed by atoms with Crippen LogP contribution in [-0.2, 0) is 0 Å². The van der Waals surface area contributed by atoms with Crippen molar-refractivity contribution in [1.82, 2.24) is 4.98 Å². The minimum absolute atomic E-state index is 0.340. The van der Waals surface area contributed by atoms with Crippen LogP contribution < -0.4 is 0 Å². The lowest BCUT2D eigenvalue weighted by molar-refractivity contribution is 0.119.